The molecule has 0 saturated heterocycles. The van der Waals surface area contributed by atoms with Gasteiger partial charge in [-0.25, -0.2) is 0 Å². The van der Waals surface area contributed by atoms with Gasteiger partial charge in [0, 0.05) is 18.9 Å². The normalized spacial score (nSPS) is 12.1. The van der Waals surface area contributed by atoms with Crippen LogP contribution in [0.2, 0.25) is 0 Å². The molecule has 1 atom stereocenters. The van der Waals surface area contributed by atoms with E-state index in [0.717, 1.165) is 5.76 Å². The molecular weight excluding hydrogens is 210 g/mol. The van der Waals surface area contributed by atoms with Gasteiger partial charge < -0.3 is 14.8 Å². The molecule has 1 heterocycles. The van der Waals surface area contributed by atoms with Crippen LogP contribution in [0.4, 0.5) is 0 Å². The van der Waals surface area contributed by atoms with Crippen LogP contribution in [0.5, 0.6) is 0 Å². The molecule has 0 aliphatic heterocycles. The number of furan rings is 1. The molecule has 0 bridgehead atoms. The van der Waals surface area contributed by atoms with Crippen molar-refractivity contribution in [3.05, 3.63) is 24.2 Å². The summed E-state index contributed by atoms with van der Waals surface area (Å²) in [6, 6.07) is 3.22. The van der Waals surface area contributed by atoms with E-state index < -0.39 is 5.97 Å². The first-order valence-electron chi connectivity index (χ1n) is 5.11. The quantitative estimate of drug-likeness (QED) is 0.762. The fourth-order valence-electron chi connectivity index (χ4n) is 1.35. The number of carbonyl (C=O) groups excluding carboxylic acids is 1. The van der Waals surface area contributed by atoms with Crippen LogP contribution in [0.3, 0.4) is 0 Å². The summed E-state index contributed by atoms with van der Waals surface area (Å²) >= 11 is 0. The second kappa shape index (κ2) is 5.95. The first-order chi connectivity index (χ1) is 7.58. The number of rotatable bonds is 6. The molecule has 88 valence electrons. The lowest BCUT2D eigenvalue weighted by Gasteiger charge is -2.10. The summed E-state index contributed by atoms with van der Waals surface area (Å²) in [5.41, 5.74) is 0. The fraction of sp³-hybridized carbons (Fsp3) is 0.455. The number of carboxylic acids is 1. The van der Waals surface area contributed by atoms with Crippen LogP contribution >= 0.6 is 0 Å². The average Bonchev–Trinajstić information content (AvgIpc) is 2.65. The van der Waals surface area contributed by atoms with Crippen molar-refractivity contribution in [3.8, 4) is 0 Å². The number of carboxylic acid groups (broad SMARTS) is 1. The van der Waals surface area contributed by atoms with Crippen molar-refractivity contribution in [3.63, 3.8) is 0 Å². The molecule has 0 spiro atoms. The van der Waals surface area contributed by atoms with Crippen LogP contribution in [-0.2, 0) is 16.0 Å². The number of amides is 1. The molecule has 2 N–H and O–H groups in total. The highest BCUT2D eigenvalue weighted by Crippen LogP contribution is 2.03. The van der Waals surface area contributed by atoms with Crippen LogP contribution < -0.4 is 5.32 Å². The Bertz CT molecular complexity index is 345. The SMILES string of the molecule is CC(CC(=O)O)NC(=O)CCc1ccco1. The van der Waals surface area contributed by atoms with Gasteiger partial charge in [-0.3, -0.25) is 9.59 Å². The smallest absolute Gasteiger partial charge is 0.305 e. The Morgan fingerprint density at radius 2 is 2.31 bits per heavy atom. The zero-order valence-corrected chi connectivity index (χ0v) is 9.10. The van der Waals surface area contributed by atoms with E-state index in [0.29, 0.717) is 12.8 Å². The monoisotopic (exact) mass is 225 g/mol. The molecule has 0 aromatic carbocycles. The number of hydrogen-bond acceptors (Lipinski definition) is 3. The Morgan fingerprint density at radius 1 is 1.56 bits per heavy atom. The summed E-state index contributed by atoms with van der Waals surface area (Å²) in [4.78, 5) is 21.8. The molecule has 0 aliphatic carbocycles. The van der Waals surface area contributed by atoms with Crippen molar-refractivity contribution in [1.29, 1.82) is 0 Å². The van der Waals surface area contributed by atoms with E-state index in [1.54, 1.807) is 25.3 Å². The van der Waals surface area contributed by atoms with Crippen molar-refractivity contribution in [2.24, 2.45) is 0 Å². The Morgan fingerprint density at radius 3 is 2.88 bits per heavy atom. The molecule has 0 radical (unpaired) electrons. The van der Waals surface area contributed by atoms with E-state index in [4.69, 9.17) is 9.52 Å². The molecule has 0 fully saturated rings. The third-order valence-corrected chi connectivity index (χ3v) is 2.07. The van der Waals surface area contributed by atoms with Crippen LogP contribution in [0, 0.1) is 0 Å². The van der Waals surface area contributed by atoms with E-state index in [9.17, 15) is 9.59 Å². The first-order valence-corrected chi connectivity index (χ1v) is 5.11. The fourth-order valence-corrected chi connectivity index (χ4v) is 1.35. The Hall–Kier alpha value is -1.78. The minimum atomic E-state index is -0.918. The van der Waals surface area contributed by atoms with Crippen LogP contribution in [0.25, 0.3) is 0 Å². The summed E-state index contributed by atoms with van der Waals surface area (Å²) < 4.78 is 5.08. The van der Waals surface area contributed by atoms with Gasteiger partial charge in [-0.1, -0.05) is 0 Å². The number of hydrogen-bond donors (Lipinski definition) is 2. The second-order valence-corrected chi connectivity index (χ2v) is 3.65. The molecule has 1 unspecified atom stereocenters. The number of aryl methyl sites for hydroxylation is 1. The van der Waals surface area contributed by atoms with Gasteiger partial charge >= 0.3 is 5.97 Å². The third-order valence-electron chi connectivity index (χ3n) is 2.07. The maximum Gasteiger partial charge on any atom is 0.305 e. The minimum absolute atomic E-state index is 0.0630. The van der Waals surface area contributed by atoms with Crippen molar-refractivity contribution in [2.75, 3.05) is 0 Å². The molecule has 1 aromatic heterocycles. The van der Waals surface area contributed by atoms with Gasteiger partial charge in [-0.15, -0.1) is 0 Å². The lowest BCUT2D eigenvalue weighted by Crippen LogP contribution is -2.34. The zero-order valence-electron chi connectivity index (χ0n) is 9.10. The summed E-state index contributed by atoms with van der Waals surface area (Å²) in [6.07, 6.45) is 2.32. The van der Waals surface area contributed by atoms with Crippen LogP contribution in [0.1, 0.15) is 25.5 Å². The highest BCUT2D eigenvalue weighted by atomic mass is 16.4. The van der Waals surface area contributed by atoms with E-state index in [1.165, 1.54) is 0 Å². The minimum Gasteiger partial charge on any atom is -0.481 e. The molecule has 0 aliphatic rings. The number of nitrogens with one attached hydrogen (secondary N) is 1. The molecule has 1 aromatic rings. The third kappa shape index (κ3) is 4.63. The predicted molar refractivity (Wildman–Crippen MR) is 56.9 cm³/mol. The molecular formula is C11H15NO4. The summed E-state index contributed by atoms with van der Waals surface area (Å²) in [7, 11) is 0. The highest BCUT2D eigenvalue weighted by molar-refractivity contribution is 5.77. The van der Waals surface area contributed by atoms with Gasteiger partial charge in [0.2, 0.25) is 5.91 Å². The van der Waals surface area contributed by atoms with Crippen molar-refractivity contribution >= 4 is 11.9 Å². The summed E-state index contributed by atoms with van der Waals surface area (Å²) in [5.74, 6) is -0.329. The van der Waals surface area contributed by atoms with E-state index >= 15 is 0 Å². The molecule has 16 heavy (non-hydrogen) atoms. The van der Waals surface area contributed by atoms with E-state index in [2.05, 4.69) is 5.32 Å². The lowest BCUT2D eigenvalue weighted by molar-refractivity contribution is -0.137. The van der Waals surface area contributed by atoms with Gasteiger partial charge in [0.25, 0.3) is 0 Å². The maximum absolute atomic E-state index is 11.4. The predicted octanol–water partition coefficient (Wildman–Crippen LogP) is 1.19. The maximum atomic E-state index is 11.4. The van der Waals surface area contributed by atoms with Crippen LogP contribution in [0.15, 0.2) is 22.8 Å². The number of aliphatic carboxylic acids is 1. The zero-order chi connectivity index (χ0) is 12.0. The van der Waals surface area contributed by atoms with Gasteiger partial charge in [-0.05, 0) is 19.1 Å². The first kappa shape index (κ1) is 12.3. The molecule has 1 amide bonds. The van der Waals surface area contributed by atoms with Crippen LogP contribution in [-0.4, -0.2) is 23.0 Å². The largest absolute Gasteiger partial charge is 0.481 e. The van der Waals surface area contributed by atoms with E-state index in [1.807, 2.05) is 0 Å². The highest BCUT2D eigenvalue weighted by Gasteiger charge is 2.11. The van der Waals surface area contributed by atoms with Crippen molar-refractivity contribution in [1.82, 2.24) is 5.32 Å². The van der Waals surface area contributed by atoms with Crippen molar-refractivity contribution < 1.29 is 19.1 Å². The number of carbonyl (C=O) groups is 2. The second-order valence-electron chi connectivity index (χ2n) is 3.65. The Balaban J connectivity index is 2.23. The standard InChI is InChI=1S/C11H15NO4/c1-8(7-11(14)15)12-10(13)5-4-9-3-2-6-16-9/h2-3,6,8H,4-5,7H2,1H3,(H,12,13)(H,14,15). The molecule has 5 nitrogen and oxygen atoms in total. The summed E-state index contributed by atoms with van der Waals surface area (Å²) in [5, 5.41) is 11.1. The van der Waals surface area contributed by atoms with Crippen molar-refractivity contribution in [2.45, 2.75) is 32.2 Å². The topological polar surface area (TPSA) is 79.5 Å². The van der Waals surface area contributed by atoms with Gasteiger partial charge in [-0.2, -0.15) is 0 Å². The van der Waals surface area contributed by atoms with Gasteiger partial charge in [0.1, 0.15) is 5.76 Å². The molecule has 5 heteroatoms. The van der Waals surface area contributed by atoms with Gasteiger partial charge in [0.05, 0.1) is 12.7 Å². The molecule has 0 saturated carbocycles. The lowest BCUT2D eigenvalue weighted by atomic mass is 10.2. The van der Waals surface area contributed by atoms with Gasteiger partial charge in [0.15, 0.2) is 0 Å². The summed E-state index contributed by atoms with van der Waals surface area (Å²) in [6.45, 7) is 1.67. The van der Waals surface area contributed by atoms with E-state index in [-0.39, 0.29) is 18.4 Å². The Labute approximate surface area is 93.4 Å². The molecule has 1 rings (SSSR count). The Kier molecular flexibility index (Phi) is 4.57. The average molecular weight is 225 g/mol.